The van der Waals surface area contributed by atoms with Gasteiger partial charge in [0.05, 0.1) is 19.4 Å². The van der Waals surface area contributed by atoms with Crippen LogP contribution in [0.1, 0.15) is 18.4 Å². The summed E-state index contributed by atoms with van der Waals surface area (Å²) in [7, 11) is 1.75. The van der Waals surface area contributed by atoms with Gasteiger partial charge in [-0.15, -0.1) is 0 Å². The number of hydrogen-bond acceptors (Lipinski definition) is 6. The van der Waals surface area contributed by atoms with Gasteiger partial charge in [-0.2, -0.15) is 0 Å². The zero-order valence-corrected chi connectivity index (χ0v) is 15.4. The van der Waals surface area contributed by atoms with Crippen molar-refractivity contribution >= 4 is 0 Å². The minimum absolute atomic E-state index is 0.186. The molecule has 0 spiro atoms. The Balaban J connectivity index is 1.51. The van der Waals surface area contributed by atoms with E-state index in [0.29, 0.717) is 13.2 Å². The van der Waals surface area contributed by atoms with Gasteiger partial charge >= 0.3 is 0 Å². The number of nitrogens with one attached hydrogen (secondary N) is 2. The standard InChI is InChI=1S/C20H29N3O3/c1-25-19-7-4-5-16(11-19)9-10-17-6-2-3-8-20(17)26-13-18(24)12-23-14-21-22-15-23/h2-6,8,11,18-19,21-22,24H,7,9-10,12-15H2,1H3. The van der Waals surface area contributed by atoms with Gasteiger partial charge in [0.25, 0.3) is 0 Å². The van der Waals surface area contributed by atoms with Crippen LogP contribution in [0.3, 0.4) is 0 Å². The van der Waals surface area contributed by atoms with Gasteiger partial charge in [0.1, 0.15) is 18.5 Å². The smallest absolute Gasteiger partial charge is 0.122 e. The molecule has 26 heavy (non-hydrogen) atoms. The van der Waals surface area contributed by atoms with Crippen LogP contribution < -0.4 is 15.6 Å². The lowest BCUT2D eigenvalue weighted by atomic mass is 9.98. The zero-order valence-electron chi connectivity index (χ0n) is 15.4. The minimum atomic E-state index is -0.517. The van der Waals surface area contributed by atoms with Crippen LogP contribution in [0, 0.1) is 0 Å². The number of hydrazine groups is 1. The number of para-hydroxylation sites is 1. The predicted molar refractivity (Wildman–Crippen MR) is 102 cm³/mol. The zero-order chi connectivity index (χ0) is 18.2. The summed E-state index contributed by atoms with van der Waals surface area (Å²) in [5.41, 5.74) is 8.50. The number of benzene rings is 1. The maximum atomic E-state index is 10.2. The molecule has 2 atom stereocenters. The topological polar surface area (TPSA) is 66.0 Å². The third-order valence-electron chi connectivity index (χ3n) is 4.69. The third-order valence-corrected chi connectivity index (χ3v) is 4.69. The minimum Gasteiger partial charge on any atom is -0.491 e. The Bertz CT molecular complexity index is 626. The molecule has 0 aromatic heterocycles. The van der Waals surface area contributed by atoms with Gasteiger partial charge in [0, 0.05) is 13.7 Å². The summed E-state index contributed by atoms with van der Waals surface area (Å²) in [5.74, 6) is 0.855. The molecule has 1 heterocycles. The van der Waals surface area contributed by atoms with Gasteiger partial charge in [-0.1, -0.05) is 36.4 Å². The summed E-state index contributed by atoms with van der Waals surface area (Å²) >= 11 is 0. The summed E-state index contributed by atoms with van der Waals surface area (Å²) in [6, 6.07) is 8.07. The number of rotatable bonds is 9. The van der Waals surface area contributed by atoms with Crippen molar-refractivity contribution in [3.8, 4) is 5.75 Å². The summed E-state index contributed by atoms with van der Waals surface area (Å²) in [6.45, 7) is 2.34. The SMILES string of the molecule is COC1C=C(CCc2ccccc2OCC(O)CN2CNNC2)C=CC1. The fourth-order valence-corrected chi connectivity index (χ4v) is 3.23. The average molecular weight is 359 g/mol. The molecule has 2 aliphatic rings. The van der Waals surface area contributed by atoms with Crippen molar-refractivity contribution in [1.82, 2.24) is 15.8 Å². The van der Waals surface area contributed by atoms with E-state index >= 15 is 0 Å². The molecule has 3 rings (SSSR count). The van der Waals surface area contributed by atoms with Crippen molar-refractivity contribution in [1.29, 1.82) is 0 Å². The van der Waals surface area contributed by atoms with Crippen LogP contribution in [0.2, 0.25) is 0 Å². The summed E-state index contributed by atoms with van der Waals surface area (Å²) in [5, 5.41) is 10.2. The van der Waals surface area contributed by atoms with Gasteiger partial charge in [-0.25, -0.2) is 10.9 Å². The number of allylic oxidation sites excluding steroid dienone is 2. The van der Waals surface area contributed by atoms with Gasteiger partial charge in [-0.05, 0) is 36.5 Å². The van der Waals surface area contributed by atoms with Crippen molar-refractivity contribution in [2.45, 2.75) is 31.5 Å². The average Bonchev–Trinajstić information content (AvgIpc) is 3.18. The molecule has 1 aromatic carbocycles. The summed E-state index contributed by atoms with van der Waals surface area (Å²) in [6.07, 6.45) is 9.02. The van der Waals surface area contributed by atoms with E-state index in [1.54, 1.807) is 7.11 Å². The molecule has 3 N–H and O–H groups in total. The molecule has 0 bridgehead atoms. The quantitative estimate of drug-likeness (QED) is 0.622. The maximum Gasteiger partial charge on any atom is 0.122 e. The number of aliphatic hydroxyl groups is 1. The Labute approximate surface area is 155 Å². The Morgan fingerprint density at radius 3 is 2.85 bits per heavy atom. The molecule has 142 valence electrons. The van der Waals surface area contributed by atoms with E-state index in [0.717, 1.165) is 43.9 Å². The molecule has 1 aromatic rings. The molecule has 1 saturated heterocycles. The monoisotopic (exact) mass is 359 g/mol. The van der Waals surface area contributed by atoms with Crippen molar-refractivity contribution in [3.05, 3.63) is 53.6 Å². The lowest BCUT2D eigenvalue weighted by Crippen LogP contribution is -2.35. The number of β-amino-alcohol motifs (C(OH)–C–C–N with tert-alkyl or cyclic N) is 1. The summed E-state index contributed by atoms with van der Waals surface area (Å²) < 4.78 is 11.3. The van der Waals surface area contributed by atoms with Gasteiger partial charge < -0.3 is 14.6 Å². The molecule has 1 fully saturated rings. The first-order valence-electron chi connectivity index (χ1n) is 9.21. The van der Waals surface area contributed by atoms with Crippen LogP contribution >= 0.6 is 0 Å². The van der Waals surface area contributed by atoms with Crippen LogP contribution in [0.4, 0.5) is 0 Å². The Morgan fingerprint density at radius 2 is 2.04 bits per heavy atom. The normalized spacial score (nSPS) is 21.6. The van der Waals surface area contributed by atoms with Crippen molar-refractivity contribution < 1.29 is 14.6 Å². The highest BCUT2D eigenvalue weighted by Crippen LogP contribution is 2.23. The first-order valence-corrected chi connectivity index (χ1v) is 9.21. The molecule has 0 radical (unpaired) electrons. The molecule has 2 unspecified atom stereocenters. The molecule has 1 aliphatic carbocycles. The van der Waals surface area contributed by atoms with E-state index in [2.05, 4.69) is 40.0 Å². The van der Waals surface area contributed by atoms with Crippen LogP contribution in [0.5, 0.6) is 5.75 Å². The fraction of sp³-hybridized carbons (Fsp3) is 0.500. The molecule has 6 nitrogen and oxygen atoms in total. The van der Waals surface area contributed by atoms with Crippen LogP contribution in [0.15, 0.2) is 48.1 Å². The van der Waals surface area contributed by atoms with E-state index in [1.807, 2.05) is 18.2 Å². The second-order valence-corrected chi connectivity index (χ2v) is 6.75. The Kier molecular flexibility index (Phi) is 7.22. The number of hydrogen-bond donors (Lipinski definition) is 3. The van der Waals surface area contributed by atoms with Gasteiger partial charge in [0.15, 0.2) is 0 Å². The highest BCUT2D eigenvalue weighted by atomic mass is 16.5. The molecule has 1 aliphatic heterocycles. The highest BCUT2D eigenvalue weighted by Gasteiger charge is 2.16. The van der Waals surface area contributed by atoms with Crippen LogP contribution in [0.25, 0.3) is 0 Å². The molecule has 6 heteroatoms. The van der Waals surface area contributed by atoms with Crippen molar-refractivity contribution in [3.63, 3.8) is 0 Å². The van der Waals surface area contributed by atoms with Crippen LogP contribution in [-0.4, -0.2) is 55.8 Å². The number of methoxy groups -OCH3 is 1. The van der Waals surface area contributed by atoms with E-state index in [9.17, 15) is 5.11 Å². The molecule has 0 saturated carbocycles. The number of aryl methyl sites for hydroxylation is 1. The van der Waals surface area contributed by atoms with Crippen LogP contribution in [-0.2, 0) is 11.2 Å². The predicted octanol–water partition coefficient (Wildman–Crippen LogP) is 1.59. The number of nitrogens with zero attached hydrogens (tertiary/aromatic N) is 1. The third kappa shape index (κ3) is 5.65. The Morgan fingerprint density at radius 1 is 1.23 bits per heavy atom. The molecular formula is C20H29N3O3. The molecular weight excluding hydrogens is 330 g/mol. The van der Waals surface area contributed by atoms with Gasteiger partial charge in [-0.3, -0.25) is 4.90 Å². The largest absolute Gasteiger partial charge is 0.491 e. The maximum absolute atomic E-state index is 10.2. The van der Waals surface area contributed by atoms with E-state index < -0.39 is 6.10 Å². The van der Waals surface area contributed by atoms with E-state index in [1.165, 1.54) is 5.57 Å². The first-order chi connectivity index (χ1) is 12.7. The van der Waals surface area contributed by atoms with Crippen molar-refractivity contribution in [2.24, 2.45) is 0 Å². The summed E-state index contributed by atoms with van der Waals surface area (Å²) in [4.78, 5) is 2.09. The van der Waals surface area contributed by atoms with Gasteiger partial charge in [0.2, 0.25) is 0 Å². The lowest BCUT2D eigenvalue weighted by molar-refractivity contribution is 0.0744. The van der Waals surface area contributed by atoms with Crippen molar-refractivity contribution in [2.75, 3.05) is 33.6 Å². The lowest BCUT2D eigenvalue weighted by Gasteiger charge is -2.19. The first kappa shape index (κ1) is 19.1. The Hall–Kier alpha value is -1.70. The second kappa shape index (κ2) is 9.85. The van der Waals surface area contributed by atoms with E-state index in [-0.39, 0.29) is 6.10 Å². The molecule has 0 amide bonds. The van der Waals surface area contributed by atoms with E-state index in [4.69, 9.17) is 9.47 Å². The highest BCUT2D eigenvalue weighted by molar-refractivity contribution is 5.35. The number of aliphatic hydroxyl groups excluding tert-OH is 1. The fourth-order valence-electron chi connectivity index (χ4n) is 3.23. The second-order valence-electron chi connectivity index (χ2n) is 6.75. The number of ether oxygens (including phenoxy) is 2.